The molecule has 0 bridgehead atoms. The Morgan fingerprint density at radius 2 is 2.36 bits per heavy atom. The minimum absolute atomic E-state index is 0.159. The van der Waals surface area contributed by atoms with Gasteiger partial charge in [-0.2, -0.15) is 5.10 Å². The number of thioether (sulfide) groups is 1. The van der Waals surface area contributed by atoms with E-state index in [1.54, 1.807) is 12.3 Å². The number of hydrogen-bond donors (Lipinski definition) is 2. The topological polar surface area (TPSA) is 73.4 Å². The van der Waals surface area contributed by atoms with Crippen LogP contribution in [0, 0.1) is 0 Å². The van der Waals surface area contributed by atoms with Crippen molar-refractivity contribution in [3.63, 3.8) is 0 Å². The quantitative estimate of drug-likeness (QED) is 0.910. The monoisotopic (exact) mass is 313 g/mol. The van der Waals surface area contributed by atoms with E-state index in [9.17, 15) is 4.79 Å². The Morgan fingerprint density at radius 1 is 1.41 bits per heavy atom. The van der Waals surface area contributed by atoms with Crippen LogP contribution in [-0.2, 0) is 0 Å². The Balaban J connectivity index is 1.51. The molecule has 1 saturated heterocycles. The number of amidine groups is 1. The maximum absolute atomic E-state index is 12.0. The number of carbonyl (C=O) groups excluding carboxylic acids is 1. The number of H-pyrrole nitrogens is 1. The van der Waals surface area contributed by atoms with Gasteiger partial charge in [0.2, 0.25) is 0 Å². The molecule has 0 saturated carbocycles. The van der Waals surface area contributed by atoms with Crippen LogP contribution < -0.4 is 5.32 Å². The van der Waals surface area contributed by atoms with Crippen molar-refractivity contribution in [3.8, 4) is 0 Å². The van der Waals surface area contributed by atoms with E-state index in [1.165, 1.54) is 0 Å². The third-order valence-electron chi connectivity index (χ3n) is 3.80. The molecule has 2 aromatic rings. The lowest BCUT2D eigenvalue weighted by molar-refractivity contribution is 0.102. The molecule has 0 radical (unpaired) electrons. The number of aromatic amines is 1. The van der Waals surface area contributed by atoms with Crippen molar-refractivity contribution in [3.05, 3.63) is 47.8 Å². The standard InChI is InChI=1S/C15H15N5OS/c21-14(12-4-5-16-19-12)17-11-3-1-2-10(8-11)13-9-20-6-7-22-15(20)18-13/h1-5,8,13H,6-7,9H2,(H,16,19)(H,17,21). The predicted octanol–water partition coefficient (Wildman–Crippen LogP) is 2.12. The minimum Gasteiger partial charge on any atom is -0.348 e. The van der Waals surface area contributed by atoms with Crippen LogP contribution in [-0.4, -0.2) is 45.0 Å². The number of nitrogens with zero attached hydrogens (tertiary/aromatic N) is 3. The van der Waals surface area contributed by atoms with Gasteiger partial charge in [0.1, 0.15) is 5.69 Å². The van der Waals surface area contributed by atoms with Crippen molar-refractivity contribution in [1.82, 2.24) is 15.1 Å². The first-order valence-corrected chi connectivity index (χ1v) is 8.14. The van der Waals surface area contributed by atoms with Gasteiger partial charge < -0.3 is 10.2 Å². The van der Waals surface area contributed by atoms with Gasteiger partial charge in [-0.3, -0.25) is 14.9 Å². The van der Waals surface area contributed by atoms with Gasteiger partial charge in [0.05, 0.1) is 6.04 Å². The zero-order valence-corrected chi connectivity index (χ0v) is 12.6. The first-order valence-electron chi connectivity index (χ1n) is 7.16. The number of carbonyl (C=O) groups is 1. The van der Waals surface area contributed by atoms with Crippen LogP contribution in [0.2, 0.25) is 0 Å². The lowest BCUT2D eigenvalue weighted by Crippen LogP contribution is -2.21. The number of hydrogen-bond acceptors (Lipinski definition) is 5. The Hall–Kier alpha value is -2.28. The highest BCUT2D eigenvalue weighted by Gasteiger charge is 2.30. The van der Waals surface area contributed by atoms with Gasteiger partial charge in [-0.15, -0.1) is 0 Å². The number of anilines is 1. The lowest BCUT2D eigenvalue weighted by atomic mass is 10.1. The van der Waals surface area contributed by atoms with Crippen molar-refractivity contribution in [2.24, 2.45) is 4.99 Å². The molecule has 0 aliphatic carbocycles. The molecule has 1 fully saturated rings. The van der Waals surface area contributed by atoms with E-state index in [-0.39, 0.29) is 11.9 Å². The highest BCUT2D eigenvalue weighted by atomic mass is 32.2. The zero-order valence-electron chi connectivity index (χ0n) is 11.8. The molecular formula is C15H15N5OS. The summed E-state index contributed by atoms with van der Waals surface area (Å²) in [5, 5.41) is 10.5. The maximum atomic E-state index is 12.0. The Kier molecular flexibility index (Phi) is 3.34. The second-order valence-corrected chi connectivity index (χ2v) is 6.33. The Morgan fingerprint density at radius 3 is 3.18 bits per heavy atom. The van der Waals surface area contributed by atoms with Crippen LogP contribution in [0.15, 0.2) is 41.5 Å². The van der Waals surface area contributed by atoms with Gasteiger partial charge in [-0.25, -0.2) is 0 Å². The summed E-state index contributed by atoms with van der Waals surface area (Å²) in [7, 11) is 0. The summed E-state index contributed by atoms with van der Waals surface area (Å²) in [6, 6.07) is 9.70. The summed E-state index contributed by atoms with van der Waals surface area (Å²) in [6.45, 7) is 2.01. The van der Waals surface area contributed by atoms with Gasteiger partial charge in [0.25, 0.3) is 5.91 Å². The van der Waals surface area contributed by atoms with E-state index in [0.29, 0.717) is 5.69 Å². The molecule has 1 aromatic heterocycles. The highest BCUT2D eigenvalue weighted by Crippen LogP contribution is 2.33. The van der Waals surface area contributed by atoms with Crippen LogP contribution in [0.4, 0.5) is 5.69 Å². The van der Waals surface area contributed by atoms with E-state index >= 15 is 0 Å². The van der Waals surface area contributed by atoms with Gasteiger partial charge in [-0.1, -0.05) is 23.9 Å². The van der Waals surface area contributed by atoms with Crippen LogP contribution >= 0.6 is 11.8 Å². The van der Waals surface area contributed by atoms with Gasteiger partial charge in [0, 0.05) is 30.7 Å². The molecular weight excluding hydrogens is 298 g/mol. The number of aliphatic imine (C=N–C) groups is 1. The molecule has 0 spiro atoms. The van der Waals surface area contributed by atoms with E-state index < -0.39 is 0 Å². The molecule has 3 heterocycles. The fourth-order valence-electron chi connectivity index (χ4n) is 2.69. The van der Waals surface area contributed by atoms with Crippen LogP contribution in [0.3, 0.4) is 0 Å². The van der Waals surface area contributed by atoms with E-state index in [2.05, 4.69) is 26.5 Å². The smallest absolute Gasteiger partial charge is 0.273 e. The molecule has 112 valence electrons. The molecule has 6 nitrogen and oxygen atoms in total. The molecule has 1 amide bonds. The van der Waals surface area contributed by atoms with Crippen LogP contribution in [0.1, 0.15) is 22.1 Å². The lowest BCUT2D eigenvalue weighted by Gasteiger charge is -2.13. The summed E-state index contributed by atoms with van der Waals surface area (Å²) in [5.74, 6) is 0.940. The van der Waals surface area contributed by atoms with E-state index in [4.69, 9.17) is 4.99 Å². The zero-order chi connectivity index (χ0) is 14.9. The molecule has 4 rings (SSSR count). The third kappa shape index (κ3) is 2.48. The van der Waals surface area contributed by atoms with Crippen molar-refractivity contribution >= 4 is 28.5 Å². The molecule has 22 heavy (non-hydrogen) atoms. The van der Waals surface area contributed by atoms with Crippen molar-refractivity contribution in [2.45, 2.75) is 6.04 Å². The average Bonchev–Trinajstić information content (AvgIpc) is 3.24. The SMILES string of the molecule is O=C(Nc1cccc(C2CN3CCSC3=N2)c1)c1ccn[nH]1. The number of amides is 1. The van der Waals surface area contributed by atoms with E-state index in [1.807, 2.05) is 30.0 Å². The Bertz CT molecular complexity index is 727. The van der Waals surface area contributed by atoms with Gasteiger partial charge in [0.15, 0.2) is 5.17 Å². The van der Waals surface area contributed by atoms with Crippen molar-refractivity contribution in [2.75, 3.05) is 24.2 Å². The van der Waals surface area contributed by atoms with Crippen molar-refractivity contribution in [1.29, 1.82) is 0 Å². The fourth-order valence-corrected chi connectivity index (χ4v) is 3.73. The highest BCUT2D eigenvalue weighted by molar-refractivity contribution is 8.14. The van der Waals surface area contributed by atoms with E-state index in [0.717, 1.165) is 35.3 Å². The van der Waals surface area contributed by atoms with Crippen LogP contribution in [0.5, 0.6) is 0 Å². The number of aromatic nitrogens is 2. The summed E-state index contributed by atoms with van der Waals surface area (Å²) in [6.07, 6.45) is 1.56. The number of nitrogens with one attached hydrogen (secondary N) is 2. The van der Waals surface area contributed by atoms with Crippen molar-refractivity contribution < 1.29 is 4.79 Å². The second-order valence-electron chi connectivity index (χ2n) is 5.27. The normalized spacial score (nSPS) is 19.9. The first kappa shape index (κ1) is 13.4. The van der Waals surface area contributed by atoms with Gasteiger partial charge >= 0.3 is 0 Å². The molecule has 2 aliphatic heterocycles. The molecule has 7 heteroatoms. The number of benzene rings is 1. The minimum atomic E-state index is -0.191. The largest absolute Gasteiger partial charge is 0.348 e. The van der Waals surface area contributed by atoms with Gasteiger partial charge in [-0.05, 0) is 23.8 Å². The number of rotatable bonds is 3. The summed E-state index contributed by atoms with van der Waals surface area (Å²) >= 11 is 1.82. The second kappa shape index (κ2) is 5.49. The average molecular weight is 313 g/mol. The molecule has 1 unspecified atom stereocenters. The summed E-state index contributed by atoms with van der Waals surface area (Å²) in [5.41, 5.74) is 2.35. The Labute approximate surface area is 132 Å². The van der Waals surface area contributed by atoms with Crippen LogP contribution in [0.25, 0.3) is 0 Å². The first-order chi connectivity index (χ1) is 10.8. The fraction of sp³-hybridized carbons (Fsp3) is 0.267. The summed E-state index contributed by atoms with van der Waals surface area (Å²) < 4.78 is 0. The molecule has 1 atom stereocenters. The number of fused-ring (bicyclic) bond motifs is 1. The molecule has 2 aliphatic rings. The third-order valence-corrected chi connectivity index (χ3v) is 4.81. The molecule has 2 N–H and O–H groups in total. The maximum Gasteiger partial charge on any atom is 0.273 e. The predicted molar refractivity (Wildman–Crippen MR) is 87.2 cm³/mol. The summed E-state index contributed by atoms with van der Waals surface area (Å²) in [4.78, 5) is 19.1. The molecule has 1 aromatic carbocycles.